The van der Waals surface area contributed by atoms with Gasteiger partial charge in [-0.3, -0.25) is 0 Å². The van der Waals surface area contributed by atoms with E-state index in [-0.39, 0.29) is 12.1 Å². The van der Waals surface area contributed by atoms with Gasteiger partial charge in [-0.05, 0) is 32.0 Å². The van der Waals surface area contributed by atoms with Crippen molar-refractivity contribution in [1.82, 2.24) is 5.32 Å². The van der Waals surface area contributed by atoms with Crippen LogP contribution in [0, 0.1) is 0 Å². The molecular formula is C13H21NO2. The predicted molar refractivity (Wildman–Crippen MR) is 65.9 cm³/mol. The Bertz CT molecular complexity index is 321. The minimum atomic E-state index is -0.388. The second-order valence-corrected chi connectivity index (χ2v) is 4.22. The number of aryl methyl sites for hydroxylation is 1. The van der Waals surface area contributed by atoms with Gasteiger partial charge in [0, 0.05) is 0 Å². The van der Waals surface area contributed by atoms with Gasteiger partial charge in [-0.25, -0.2) is 0 Å². The lowest BCUT2D eigenvalue weighted by atomic mass is 10.1. The second-order valence-electron chi connectivity index (χ2n) is 4.22. The number of likely N-dealkylation sites (N-methyl/N-ethyl adjacent to an activating group) is 1. The average molecular weight is 223 g/mol. The minimum absolute atomic E-state index is 0.0534. The zero-order chi connectivity index (χ0) is 12.0. The zero-order valence-electron chi connectivity index (χ0n) is 10.3. The molecule has 1 atom stereocenters. The Labute approximate surface area is 97.4 Å². The quantitative estimate of drug-likeness (QED) is 0.769. The van der Waals surface area contributed by atoms with Crippen LogP contribution >= 0.6 is 0 Å². The molecule has 0 fully saturated rings. The summed E-state index contributed by atoms with van der Waals surface area (Å²) in [5.74, 6) is 0.903. The maximum atomic E-state index is 9.25. The van der Waals surface area contributed by atoms with Crippen LogP contribution in [0.4, 0.5) is 0 Å². The molecule has 0 aliphatic carbocycles. The number of ether oxygens (including phenoxy) is 1. The SMILES string of the molecule is CCc1ccccc1OCC(C)(CO)NC. The van der Waals surface area contributed by atoms with Crippen molar-refractivity contribution in [2.45, 2.75) is 25.8 Å². The van der Waals surface area contributed by atoms with Crippen molar-refractivity contribution in [1.29, 1.82) is 0 Å². The van der Waals surface area contributed by atoms with Crippen molar-refractivity contribution in [3.8, 4) is 5.75 Å². The van der Waals surface area contributed by atoms with Crippen LogP contribution < -0.4 is 10.1 Å². The van der Waals surface area contributed by atoms with Gasteiger partial charge >= 0.3 is 0 Å². The molecule has 1 aromatic carbocycles. The predicted octanol–water partition coefficient (Wildman–Crippen LogP) is 1.60. The van der Waals surface area contributed by atoms with Gasteiger partial charge in [0.15, 0.2) is 0 Å². The van der Waals surface area contributed by atoms with Gasteiger partial charge in [-0.2, -0.15) is 0 Å². The fraction of sp³-hybridized carbons (Fsp3) is 0.538. The Morgan fingerprint density at radius 2 is 2.06 bits per heavy atom. The van der Waals surface area contributed by atoms with Crippen molar-refractivity contribution < 1.29 is 9.84 Å². The van der Waals surface area contributed by atoms with E-state index in [1.807, 2.05) is 32.2 Å². The molecule has 0 saturated heterocycles. The molecule has 0 aromatic heterocycles. The van der Waals surface area contributed by atoms with Crippen LogP contribution in [0.5, 0.6) is 5.75 Å². The first kappa shape index (κ1) is 13.0. The first-order valence-corrected chi connectivity index (χ1v) is 5.65. The Morgan fingerprint density at radius 1 is 1.38 bits per heavy atom. The fourth-order valence-electron chi connectivity index (χ4n) is 1.37. The second kappa shape index (κ2) is 5.87. The van der Waals surface area contributed by atoms with Gasteiger partial charge in [-0.1, -0.05) is 25.1 Å². The van der Waals surface area contributed by atoms with Crippen LogP contribution in [0.1, 0.15) is 19.4 Å². The number of benzene rings is 1. The molecule has 1 rings (SSSR count). The van der Waals surface area contributed by atoms with Crippen molar-refractivity contribution >= 4 is 0 Å². The molecule has 0 radical (unpaired) electrons. The number of aliphatic hydroxyl groups excluding tert-OH is 1. The number of nitrogens with one attached hydrogen (secondary N) is 1. The molecule has 1 unspecified atom stereocenters. The summed E-state index contributed by atoms with van der Waals surface area (Å²) < 4.78 is 5.75. The van der Waals surface area contributed by atoms with Gasteiger partial charge in [0.05, 0.1) is 12.1 Å². The largest absolute Gasteiger partial charge is 0.491 e. The van der Waals surface area contributed by atoms with Gasteiger partial charge in [0.2, 0.25) is 0 Å². The highest BCUT2D eigenvalue weighted by atomic mass is 16.5. The number of rotatable bonds is 6. The summed E-state index contributed by atoms with van der Waals surface area (Å²) in [6.07, 6.45) is 0.950. The van der Waals surface area contributed by atoms with Gasteiger partial charge in [0.25, 0.3) is 0 Å². The van der Waals surface area contributed by atoms with Crippen LogP contribution in [-0.2, 0) is 6.42 Å². The lowest BCUT2D eigenvalue weighted by Crippen LogP contribution is -2.48. The summed E-state index contributed by atoms with van der Waals surface area (Å²) in [5, 5.41) is 12.3. The molecule has 0 aliphatic rings. The van der Waals surface area contributed by atoms with E-state index in [2.05, 4.69) is 18.3 Å². The van der Waals surface area contributed by atoms with Gasteiger partial charge in [0.1, 0.15) is 12.4 Å². The van der Waals surface area contributed by atoms with Gasteiger partial charge < -0.3 is 15.2 Å². The topological polar surface area (TPSA) is 41.5 Å². The van der Waals surface area contributed by atoms with E-state index >= 15 is 0 Å². The first-order chi connectivity index (χ1) is 7.65. The van der Waals surface area contributed by atoms with Crippen LogP contribution in [0.15, 0.2) is 24.3 Å². The molecular weight excluding hydrogens is 202 g/mol. The smallest absolute Gasteiger partial charge is 0.122 e. The lowest BCUT2D eigenvalue weighted by molar-refractivity contribution is 0.122. The van der Waals surface area contributed by atoms with Crippen LogP contribution in [0.25, 0.3) is 0 Å². The van der Waals surface area contributed by atoms with E-state index in [9.17, 15) is 5.11 Å². The molecule has 1 aromatic rings. The van der Waals surface area contributed by atoms with Crippen LogP contribution in [0.3, 0.4) is 0 Å². The van der Waals surface area contributed by atoms with Crippen molar-refractivity contribution in [3.63, 3.8) is 0 Å². The van der Waals surface area contributed by atoms with Crippen LogP contribution in [-0.4, -0.2) is 30.9 Å². The van der Waals surface area contributed by atoms with Crippen LogP contribution in [0.2, 0.25) is 0 Å². The van der Waals surface area contributed by atoms with Crippen molar-refractivity contribution in [3.05, 3.63) is 29.8 Å². The highest BCUT2D eigenvalue weighted by molar-refractivity contribution is 5.33. The molecule has 0 bridgehead atoms. The highest BCUT2D eigenvalue weighted by Crippen LogP contribution is 2.19. The van der Waals surface area contributed by atoms with E-state index in [0.717, 1.165) is 12.2 Å². The maximum absolute atomic E-state index is 9.25. The number of aliphatic hydroxyl groups is 1. The monoisotopic (exact) mass is 223 g/mol. The van der Waals surface area contributed by atoms with E-state index in [1.54, 1.807) is 0 Å². The summed E-state index contributed by atoms with van der Waals surface area (Å²) in [6.45, 7) is 4.54. The normalized spacial score (nSPS) is 14.5. The van der Waals surface area contributed by atoms with E-state index in [0.29, 0.717) is 6.61 Å². The highest BCUT2D eigenvalue weighted by Gasteiger charge is 2.21. The molecule has 90 valence electrons. The average Bonchev–Trinajstić information content (AvgIpc) is 2.36. The maximum Gasteiger partial charge on any atom is 0.122 e. The Morgan fingerprint density at radius 3 is 2.62 bits per heavy atom. The Kier molecular flexibility index (Phi) is 4.77. The fourth-order valence-corrected chi connectivity index (χ4v) is 1.37. The number of para-hydroxylation sites is 1. The van der Waals surface area contributed by atoms with E-state index < -0.39 is 0 Å². The standard InChI is InChI=1S/C13H21NO2/c1-4-11-7-5-6-8-12(11)16-10-13(2,9-15)14-3/h5-8,14-15H,4,9-10H2,1-3H3. The van der Waals surface area contributed by atoms with Crippen molar-refractivity contribution in [2.24, 2.45) is 0 Å². The molecule has 0 heterocycles. The molecule has 3 heteroatoms. The lowest BCUT2D eigenvalue weighted by Gasteiger charge is -2.27. The molecule has 2 N–H and O–H groups in total. The molecule has 3 nitrogen and oxygen atoms in total. The molecule has 0 saturated carbocycles. The Hall–Kier alpha value is -1.06. The molecule has 0 aliphatic heterocycles. The molecule has 0 amide bonds. The van der Waals surface area contributed by atoms with Crippen molar-refractivity contribution in [2.75, 3.05) is 20.3 Å². The molecule has 16 heavy (non-hydrogen) atoms. The Balaban J connectivity index is 2.67. The molecule has 0 spiro atoms. The first-order valence-electron chi connectivity index (χ1n) is 5.65. The summed E-state index contributed by atoms with van der Waals surface area (Å²) in [4.78, 5) is 0. The minimum Gasteiger partial charge on any atom is -0.491 e. The summed E-state index contributed by atoms with van der Waals surface area (Å²) >= 11 is 0. The third-order valence-corrected chi connectivity index (χ3v) is 2.85. The summed E-state index contributed by atoms with van der Waals surface area (Å²) in [7, 11) is 1.82. The summed E-state index contributed by atoms with van der Waals surface area (Å²) in [6, 6.07) is 8.00. The number of hydrogen-bond acceptors (Lipinski definition) is 3. The number of hydrogen-bond donors (Lipinski definition) is 2. The van der Waals surface area contributed by atoms with Gasteiger partial charge in [-0.15, -0.1) is 0 Å². The third-order valence-electron chi connectivity index (χ3n) is 2.85. The summed E-state index contributed by atoms with van der Waals surface area (Å²) in [5.41, 5.74) is 0.805. The van der Waals surface area contributed by atoms with E-state index in [4.69, 9.17) is 4.74 Å². The zero-order valence-corrected chi connectivity index (χ0v) is 10.3. The van der Waals surface area contributed by atoms with E-state index in [1.165, 1.54) is 5.56 Å². The third kappa shape index (κ3) is 3.22.